The van der Waals surface area contributed by atoms with E-state index in [9.17, 15) is 0 Å². The highest BCUT2D eigenvalue weighted by molar-refractivity contribution is 7.80. The molecule has 0 amide bonds. The van der Waals surface area contributed by atoms with Crippen LogP contribution in [-0.2, 0) is 0 Å². The van der Waals surface area contributed by atoms with Gasteiger partial charge in [-0.25, -0.2) is 0 Å². The van der Waals surface area contributed by atoms with Crippen LogP contribution in [0.3, 0.4) is 0 Å². The molecule has 2 unspecified atom stereocenters. The van der Waals surface area contributed by atoms with Crippen LogP contribution in [-0.4, -0.2) is 10.8 Å². The third-order valence-electron chi connectivity index (χ3n) is 2.53. The number of rotatable bonds is 1. The highest BCUT2D eigenvalue weighted by Crippen LogP contribution is 2.25. The van der Waals surface area contributed by atoms with E-state index in [-0.39, 0.29) is 5.11 Å². The van der Waals surface area contributed by atoms with Crippen LogP contribution in [0.1, 0.15) is 33.1 Å². The van der Waals surface area contributed by atoms with Crippen molar-refractivity contribution in [2.75, 3.05) is 0 Å². The Kier molecular flexibility index (Phi) is 3.66. The van der Waals surface area contributed by atoms with Crippen molar-refractivity contribution in [3.8, 4) is 0 Å². The fourth-order valence-corrected chi connectivity index (χ4v) is 1.69. The van der Waals surface area contributed by atoms with Gasteiger partial charge in [0.15, 0.2) is 5.11 Å². The first-order chi connectivity index (χ1) is 6.09. The predicted octanol–water partition coefficient (Wildman–Crippen LogP) is 1.63. The molecule has 0 spiro atoms. The molecule has 0 bridgehead atoms. The number of thiocarbonyl (C=S) groups is 1. The SMILES string of the molecule is CC1CCC(C)C(=NNC(N)=S)C1. The molecule has 0 saturated heterocycles. The van der Waals surface area contributed by atoms with Crippen molar-refractivity contribution in [3.05, 3.63) is 0 Å². The van der Waals surface area contributed by atoms with Gasteiger partial charge < -0.3 is 5.73 Å². The fraction of sp³-hybridized carbons (Fsp3) is 0.778. The second-order valence-electron chi connectivity index (χ2n) is 3.87. The smallest absolute Gasteiger partial charge is 0.184 e. The minimum atomic E-state index is 0.248. The summed E-state index contributed by atoms with van der Waals surface area (Å²) in [4.78, 5) is 0. The van der Waals surface area contributed by atoms with Crippen LogP contribution in [0, 0.1) is 11.8 Å². The average molecular weight is 199 g/mol. The molecule has 1 aliphatic rings. The van der Waals surface area contributed by atoms with Crippen molar-refractivity contribution >= 4 is 23.0 Å². The molecule has 0 aromatic carbocycles. The monoisotopic (exact) mass is 199 g/mol. The average Bonchev–Trinajstić information content (AvgIpc) is 2.06. The zero-order valence-electron chi connectivity index (χ0n) is 8.21. The van der Waals surface area contributed by atoms with Gasteiger partial charge in [-0.05, 0) is 43.3 Å². The van der Waals surface area contributed by atoms with E-state index in [2.05, 4.69) is 24.4 Å². The quantitative estimate of drug-likeness (QED) is 0.498. The van der Waals surface area contributed by atoms with E-state index >= 15 is 0 Å². The second-order valence-corrected chi connectivity index (χ2v) is 4.31. The molecule has 0 aromatic rings. The van der Waals surface area contributed by atoms with Gasteiger partial charge in [0.2, 0.25) is 0 Å². The molecule has 0 aromatic heterocycles. The molecule has 4 heteroatoms. The van der Waals surface area contributed by atoms with Crippen LogP contribution >= 0.6 is 12.2 Å². The number of nitrogens with two attached hydrogens (primary N) is 1. The normalized spacial score (nSPS) is 31.7. The Labute approximate surface area is 84.8 Å². The van der Waals surface area contributed by atoms with E-state index in [0.717, 1.165) is 12.3 Å². The number of nitrogens with one attached hydrogen (secondary N) is 1. The Morgan fingerprint density at radius 3 is 2.85 bits per heavy atom. The van der Waals surface area contributed by atoms with Crippen molar-refractivity contribution < 1.29 is 0 Å². The highest BCUT2D eigenvalue weighted by Gasteiger charge is 2.20. The lowest BCUT2D eigenvalue weighted by Gasteiger charge is -2.25. The van der Waals surface area contributed by atoms with E-state index in [1.54, 1.807) is 0 Å². The maximum atomic E-state index is 5.30. The van der Waals surface area contributed by atoms with Crippen molar-refractivity contribution in [1.82, 2.24) is 5.43 Å². The van der Waals surface area contributed by atoms with Gasteiger partial charge in [-0.15, -0.1) is 0 Å². The van der Waals surface area contributed by atoms with Gasteiger partial charge >= 0.3 is 0 Å². The Balaban J connectivity index is 2.54. The Hall–Kier alpha value is -0.640. The van der Waals surface area contributed by atoms with Gasteiger partial charge in [-0.3, -0.25) is 5.43 Å². The number of hydrogen-bond donors (Lipinski definition) is 2. The number of hydrogen-bond acceptors (Lipinski definition) is 2. The van der Waals surface area contributed by atoms with Crippen LogP contribution in [0.2, 0.25) is 0 Å². The molecular weight excluding hydrogens is 182 g/mol. The zero-order valence-corrected chi connectivity index (χ0v) is 9.03. The van der Waals surface area contributed by atoms with Crippen LogP contribution in [0.5, 0.6) is 0 Å². The molecule has 74 valence electrons. The molecule has 3 N–H and O–H groups in total. The van der Waals surface area contributed by atoms with E-state index in [4.69, 9.17) is 18.0 Å². The fourth-order valence-electron chi connectivity index (χ4n) is 1.64. The van der Waals surface area contributed by atoms with E-state index in [1.807, 2.05) is 0 Å². The maximum Gasteiger partial charge on any atom is 0.184 e. The first-order valence-corrected chi connectivity index (χ1v) is 5.12. The van der Waals surface area contributed by atoms with E-state index < -0.39 is 0 Å². The lowest BCUT2D eigenvalue weighted by molar-refractivity contribution is 0.444. The van der Waals surface area contributed by atoms with Crippen molar-refractivity contribution in [1.29, 1.82) is 0 Å². The minimum Gasteiger partial charge on any atom is -0.375 e. The van der Waals surface area contributed by atoms with Gasteiger partial charge in [-0.1, -0.05) is 13.8 Å². The summed E-state index contributed by atoms with van der Waals surface area (Å²) in [6.07, 6.45) is 3.59. The van der Waals surface area contributed by atoms with Gasteiger partial charge in [0.25, 0.3) is 0 Å². The van der Waals surface area contributed by atoms with Gasteiger partial charge in [-0.2, -0.15) is 5.10 Å². The molecule has 0 radical (unpaired) electrons. The molecule has 0 heterocycles. The Morgan fingerprint density at radius 2 is 2.23 bits per heavy atom. The molecule has 2 atom stereocenters. The van der Waals surface area contributed by atoms with E-state index in [1.165, 1.54) is 18.6 Å². The molecule has 1 saturated carbocycles. The topological polar surface area (TPSA) is 50.4 Å². The summed E-state index contributed by atoms with van der Waals surface area (Å²) in [6, 6.07) is 0. The maximum absolute atomic E-state index is 5.30. The molecule has 3 nitrogen and oxygen atoms in total. The van der Waals surface area contributed by atoms with Crippen molar-refractivity contribution in [3.63, 3.8) is 0 Å². The molecular formula is C9H17N3S. The first kappa shape index (κ1) is 10.4. The number of nitrogens with zero attached hydrogens (tertiary/aromatic N) is 1. The van der Waals surface area contributed by atoms with Gasteiger partial charge in [0.05, 0.1) is 0 Å². The second kappa shape index (κ2) is 4.56. The standard InChI is InChI=1S/C9H17N3S/c1-6-3-4-7(2)8(5-6)11-12-9(10)13/h6-7H,3-5H2,1-2H3,(H3,10,12,13). The summed E-state index contributed by atoms with van der Waals surface area (Å²) in [6.45, 7) is 4.45. The summed E-state index contributed by atoms with van der Waals surface area (Å²) < 4.78 is 0. The summed E-state index contributed by atoms with van der Waals surface area (Å²) in [5, 5.41) is 4.46. The summed E-state index contributed by atoms with van der Waals surface area (Å²) >= 11 is 4.69. The van der Waals surface area contributed by atoms with Gasteiger partial charge in [0, 0.05) is 5.71 Å². The minimum absolute atomic E-state index is 0.248. The third-order valence-corrected chi connectivity index (χ3v) is 2.62. The van der Waals surface area contributed by atoms with E-state index in [0.29, 0.717) is 5.92 Å². The first-order valence-electron chi connectivity index (χ1n) is 4.71. The van der Waals surface area contributed by atoms with Crippen LogP contribution in [0.15, 0.2) is 5.10 Å². The molecule has 1 rings (SSSR count). The molecule has 1 fully saturated rings. The summed E-state index contributed by atoms with van der Waals surface area (Å²) in [5.41, 5.74) is 9.17. The van der Waals surface area contributed by atoms with Crippen LogP contribution in [0.25, 0.3) is 0 Å². The summed E-state index contributed by atoms with van der Waals surface area (Å²) in [5.74, 6) is 1.31. The Morgan fingerprint density at radius 1 is 1.54 bits per heavy atom. The van der Waals surface area contributed by atoms with Gasteiger partial charge in [0.1, 0.15) is 0 Å². The molecule has 13 heavy (non-hydrogen) atoms. The van der Waals surface area contributed by atoms with Crippen LogP contribution < -0.4 is 11.2 Å². The lowest BCUT2D eigenvalue weighted by Crippen LogP contribution is -2.29. The third kappa shape index (κ3) is 3.30. The summed E-state index contributed by atoms with van der Waals surface area (Å²) in [7, 11) is 0. The predicted molar refractivity (Wildman–Crippen MR) is 59.5 cm³/mol. The van der Waals surface area contributed by atoms with Crippen molar-refractivity contribution in [2.45, 2.75) is 33.1 Å². The van der Waals surface area contributed by atoms with Crippen molar-refractivity contribution in [2.24, 2.45) is 22.7 Å². The molecule has 0 aliphatic heterocycles. The Bertz CT molecular complexity index is 225. The largest absolute Gasteiger partial charge is 0.375 e. The highest BCUT2D eigenvalue weighted by atomic mass is 32.1. The zero-order chi connectivity index (χ0) is 9.84. The number of hydrazone groups is 1. The molecule has 1 aliphatic carbocycles. The lowest BCUT2D eigenvalue weighted by atomic mass is 9.82. The van der Waals surface area contributed by atoms with Crippen LogP contribution in [0.4, 0.5) is 0 Å².